The fraction of sp³-hybridized carbons (Fsp3) is 0.568. The Kier molecular flexibility index (Phi) is 16.4. The molecule has 1 amide bonds. The Labute approximate surface area is 446 Å². The van der Waals surface area contributed by atoms with E-state index in [1.807, 2.05) is 0 Å². The molecule has 0 saturated carbocycles. The van der Waals surface area contributed by atoms with Crippen LogP contribution in [0.15, 0.2) is 34.9 Å². The van der Waals surface area contributed by atoms with Crippen LogP contribution in [0.2, 0.25) is 0 Å². The third-order valence-corrected chi connectivity index (χ3v) is 18.7. The van der Waals surface area contributed by atoms with Gasteiger partial charge in [-0.15, -0.1) is 0 Å². The number of aliphatic hydroxyl groups is 3. The Balaban J connectivity index is 0.879. The molecule has 0 radical (unpaired) electrons. The molecular formula is C37H52N16O23P4. The molecule has 43 heteroatoms. The van der Waals surface area contributed by atoms with Crippen molar-refractivity contribution >= 4 is 88.2 Å². The normalized spacial score (nSPS) is 29.2. The number of nitrogens with one attached hydrogen (secondary N) is 2. The van der Waals surface area contributed by atoms with Crippen molar-refractivity contribution < 1.29 is 104 Å². The molecule has 3 fully saturated rings. The van der Waals surface area contributed by atoms with E-state index in [0.29, 0.717) is 0 Å². The van der Waals surface area contributed by atoms with Gasteiger partial charge in [-0.1, -0.05) is 4.98 Å². The van der Waals surface area contributed by atoms with Gasteiger partial charge in [0.15, 0.2) is 41.4 Å². The number of aromatic nitrogens is 12. The summed E-state index contributed by atoms with van der Waals surface area (Å²) in [6, 6.07) is 0. The van der Waals surface area contributed by atoms with Crippen molar-refractivity contribution in [2.24, 2.45) is 18.9 Å². The number of hydrogen-bond donors (Lipinski definition) is 11. The molecule has 3 saturated heterocycles. The molecule has 0 spiro atoms. The van der Waals surface area contributed by atoms with Crippen LogP contribution in [-0.2, 0) is 71.2 Å². The van der Waals surface area contributed by atoms with Crippen molar-refractivity contribution in [1.29, 1.82) is 0 Å². The summed E-state index contributed by atoms with van der Waals surface area (Å²) in [5, 5.41) is 33.3. The van der Waals surface area contributed by atoms with Crippen LogP contribution < -0.4 is 37.8 Å². The van der Waals surface area contributed by atoms with Gasteiger partial charge in [0.25, 0.3) is 17.1 Å². The second-order valence-corrected chi connectivity index (χ2v) is 25.0. The van der Waals surface area contributed by atoms with E-state index in [0.717, 1.165) is 24.3 Å². The van der Waals surface area contributed by atoms with Gasteiger partial charge in [0, 0.05) is 45.6 Å². The van der Waals surface area contributed by atoms with Gasteiger partial charge in [0.05, 0.1) is 51.7 Å². The number of nitrogens with zero attached hydrogens (tertiary/aromatic N) is 11. The van der Waals surface area contributed by atoms with E-state index in [2.05, 4.69) is 48.5 Å². The fourth-order valence-electron chi connectivity index (χ4n) is 9.39. The number of anilines is 3. The highest BCUT2D eigenvalue weighted by molar-refractivity contribution is 7.66. The second-order valence-electron chi connectivity index (χ2n) is 18.6. The topological polar surface area (TPSA) is 556 Å². The number of nitrogen functional groups attached to an aromatic ring is 3. The molecular weight excluding hydrogens is 1160 g/mol. The predicted molar refractivity (Wildman–Crippen MR) is 261 cm³/mol. The van der Waals surface area contributed by atoms with Gasteiger partial charge in [-0.2, -0.15) is 13.6 Å². The quantitative estimate of drug-likeness (QED) is 0.0240. The number of amides is 1. The summed E-state index contributed by atoms with van der Waals surface area (Å²) in [5.41, 5.74) is 15.7. The maximum Gasteiger partial charge on any atom is 0.490 e. The number of H-pyrrole nitrogens is 2. The Hall–Kier alpha value is -5.60. The maximum atomic E-state index is 13.9. The first-order valence-corrected chi connectivity index (χ1v) is 29.5. The van der Waals surface area contributed by atoms with Crippen LogP contribution in [0.3, 0.4) is 0 Å². The number of phosphoric acid groups is 3. The Bertz CT molecular complexity index is 3650. The van der Waals surface area contributed by atoms with Crippen LogP contribution in [-0.4, -0.2) is 184 Å². The minimum Gasteiger partial charge on any atom is -0.778 e. The molecule has 438 valence electrons. The van der Waals surface area contributed by atoms with Gasteiger partial charge < -0.3 is 85.0 Å². The molecule has 3 aliphatic rings. The SMILES string of the molecule is CO[C@@H]1[C@H](CP(=O)([O-])OC[C@H]2O[C@@H](n3cnc4c(=O)[nH]c(N)nc43)[C@H](O)[C@@H]2O)C(COP(=O)(O)OP(=O)(O)OP(=O)(O)OC[C@H]2OC([n+]3cn(C)c4c(=O)[nH]c(N)nc43)[C@H](O)[C@@H]2CC(=O)N(C)C)O[C@H]1n1cnc2c(N)ncnc21. The highest BCUT2D eigenvalue weighted by atomic mass is 31.3. The van der Waals surface area contributed by atoms with Crippen molar-refractivity contribution in [3.05, 3.63) is 46.0 Å². The number of carbonyl (C=O) groups is 1. The highest BCUT2D eigenvalue weighted by Crippen LogP contribution is 2.68. The summed E-state index contributed by atoms with van der Waals surface area (Å²) < 4.78 is 106. The third kappa shape index (κ3) is 12.0. The van der Waals surface area contributed by atoms with E-state index in [4.69, 9.17) is 49.7 Å². The second kappa shape index (κ2) is 22.3. The van der Waals surface area contributed by atoms with E-state index in [1.54, 1.807) is 0 Å². The maximum absolute atomic E-state index is 13.9. The van der Waals surface area contributed by atoms with Gasteiger partial charge in [0.2, 0.25) is 23.6 Å². The van der Waals surface area contributed by atoms with Gasteiger partial charge in [-0.25, -0.2) is 38.2 Å². The summed E-state index contributed by atoms with van der Waals surface area (Å²) in [7, 11) is -17.8. The standard InChI is InChI=1S/C37H52N16O23P4/c1-49(2)19(54)5-14-16(72-33(23(14)55)53-13-50(3)22-30(53)46-37(40)48-32(22)59)6-70-78(62,63)75-80(66,67)76-79(64,65)71-7-17-15(26(68-4)35(73-17)51-11-43-20-27(38)41-10-42-28(20)51)9-77(60,61)69-8-18-24(56)25(57)34(74-18)52-12-44-21-29(52)45-36(39)47-31(21)58/h10-18,23-26,33-35,55-57H,5-9H2,1-4H3,(H11-,38,39,40,41,42,45,46,47,48,58,59,60,61,62,63,64,65,66,67)/t14-,15-,16-,17?,18-,23-,24-,25-,26-,33?,34-,35-/m1/s1. The van der Waals surface area contributed by atoms with Crippen LogP contribution in [0.25, 0.3) is 33.5 Å². The Morgan fingerprint density at radius 1 is 0.762 bits per heavy atom. The number of aliphatic hydroxyl groups excluding tert-OH is 3. The number of rotatable bonds is 21. The number of carbonyl (C=O) groups excluding carboxylic acids is 1. The van der Waals surface area contributed by atoms with E-state index < -0.39 is 154 Å². The minimum absolute atomic E-state index is 0.00526. The number of aryl methyl sites for hydroxylation is 1. The molecule has 14 N–H and O–H groups in total. The summed E-state index contributed by atoms with van der Waals surface area (Å²) in [6.07, 6.45) is -12.4. The zero-order valence-corrected chi connectivity index (χ0v) is 45.4. The molecule has 80 heavy (non-hydrogen) atoms. The molecule has 9 rings (SSSR count). The first-order valence-electron chi connectivity index (χ1n) is 23.3. The van der Waals surface area contributed by atoms with E-state index in [1.165, 1.54) is 52.4 Å². The zero-order chi connectivity index (χ0) is 58.1. The number of ether oxygens (including phenoxy) is 4. The van der Waals surface area contributed by atoms with Gasteiger partial charge in [0.1, 0.15) is 50.0 Å². The van der Waals surface area contributed by atoms with Crippen molar-refractivity contribution in [3.63, 3.8) is 0 Å². The van der Waals surface area contributed by atoms with Crippen LogP contribution in [0.1, 0.15) is 25.1 Å². The number of hydrogen-bond acceptors (Lipinski definition) is 29. The fourth-order valence-corrected chi connectivity index (χ4v) is 14.4. The first kappa shape index (κ1) is 59.0. The summed E-state index contributed by atoms with van der Waals surface area (Å²) in [5.74, 6) is -3.94. The average Bonchev–Trinajstić information content (AvgIpc) is 4.23. The Morgan fingerprint density at radius 2 is 1.35 bits per heavy atom. The molecule has 0 bridgehead atoms. The van der Waals surface area contributed by atoms with Crippen LogP contribution in [0.4, 0.5) is 17.7 Å². The van der Waals surface area contributed by atoms with E-state index >= 15 is 0 Å². The monoisotopic (exact) mass is 1210 g/mol. The molecule has 6 aromatic rings. The van der Waals surface area contributed by atoms with Crippen LogP contribution in [0, 0.1) is 11.8 Å². The highest BCUT2D eigenvalue weighted by Gasteiger charge is 2.53. The summed E-state index contributed by atoms with van der Waals surface area (Å²) in [4.78, 5) is 114. The lowest BCUT2D eigenvalue weighted by Gasteiger charge is -2.31. The number of nitrogens with two attached hydrogens (primary N) is 3. The van der Waals surface area contributed by atoms with Gasteiger partial charge in [-0.3, -0.25) is 47.1 Å². The molecule has 6 unspecified atom stereocenters. The first-order chi connectivity index (χ1) is 37.5. The lowest BCUT2D eigenvalue weighted by molar-refractivity contribution is -0.745. The van der Waals surface area contributed by atoms with E-state index in [-0.39, 0.29) is 51.2 Å². The van der Waals surface area contributed by atoms with Crippen molar-refractivity contribution in [1.82, 2.24) is 58.5 Å². The number of imidazole rings is 3. The largest absolute Gasteiger partial charge is 0.778 e. The van der Waals surface area contributed by atoms with Crippen LogP contribution in [0.5, 0.6) is 0 Å². The molecule has 0 aliphatic carbocycles. The van der Waals surface area contributed by atoms with Crippen molar-refractivity contribution in [2.75, 3.05) is 64.4 Å². The number of aromatic amines is 2. The molecule has 39 nitrogen and oxygen atoms in total. The van der Waals surface area contributed by atoms with Crippen molar-refractivity contribution in [3.8, 4) is 0 Å². The molecule has 3 aliphatic heterocycles. The lowest BCUT2D eigenvalue weighted by Crippen LogP contribution is -2.45. The number of fused-ring (bicyclic) bond motifs is 3. The summed E-state index contributed by atoms with van der Waals surface area (Å²) in [6.45, 7) is -3.15. The van der Waals surface area contributed by atoms with Gasteiger partial charge in [-0.05, 0) is 0 Å². The molecule has 9 heterocycles. The number of methoxy groups -OCH3 is 1. The minimum atomic E-state index is -6.22. The molecule has 16 atom stereocenters. The van der Waals surface area contributed by atoms with Crippen LogP contribution >= 0.6 is 31.1 Å². The number of phosphoric ester groups is 2. The zero-order valence-electron chi connectivity index (χ0n) is 41.8. The molecule has 6 aromatic heterocycles. The lowest BCUT2D eigenvalue weighted by atomic mass is 9.94. The predicted octanol–water partition coefficient (Wildman–Crippen LogP) is -4.29. The van der Waals surface area contributed by atoms with Crippen molar-refractivity contribution in [2.45, 2.75) is 67.8 Å². The van der Waals surface area contributed by atoms with Gasteiger partial charge >= 0.3 is 29.1 Å². The molecule has 0 aromatic carbocycles. The smallest absolute Gasteiger partial charge is 0.490 e. The average molecular weight is 1210 g/mol. The van der Waals surface area contributed by atoms with E-state index in [9.17, 15) is 67.5 Å². The Morgan fingerprint density at radius 3 is 2.00 bits per heavy atom. The third-order valence-electron chi connectivity index (χ3n) is 13.1. The summed E-state index contributed by atoms with van der Waals surface area (Å²) >= 11 is 0.